The molecule has 0 aliphatic rings. The van der Waals surface area contributed by atoms with Gasteiger partial charge in [-0.25, -0.2) is 10.2 Å². The molecule has 0 saturated heterocycles. The van der Waals surface area contributed by atoms with Crippen LogP contribution in [0.15, 0.2) is 71.8 Å². The van der Waals surface area contributed by atoms with Crippen molar-refractivity contribution < 1.29 is 28.5 Å². The molecule has 0 unspecified atom stereocenters. The molecule has 0 aliphatic heterocycles. The first-order valence-electron chi connectivity index (χ1n) is 9.73. The number of benzene rings is 3. The summed E-state index contributed by atoms with van der Waals surface area (Å²) in [5.41, 5.74) is 3.36. The van der Waals surface area contributed by atoms with E-state index in [9.17, 15) is 9.59 Å². The zero-order chi connectivity index (χ0) is 23.6. The van der Waals surface area contributed by atoms with Crippen molar-refractivity contribution in [3.05, 3.63) is 82.9 Å². The largest absolute Gasteiger partial charge is 0.497 e. The predicted molar refractivity (Wildman–Crippen MR) is 124 cm³/mol. The van der Waals surface area contributed by atoms with Gasteiger partial charge in [0.15, 0.2) is 18.1 Å². The van der Waals surface area contributed by atoms with Gasteiger partial charge in [-0.15, -0.1) is 0 Å². The summed E-state index contributed by atoms with van der Waals surface area (Å²) in [6.45, 7) is -0.206. The maximum Gasteiger partial charge on any atom is 0.343 e. The summed E-state index contributed by atoms with van der Waals surface area (Å²) in [6.07, 6.45) is 1.43. The summed E-state index contributed by atoms with van der Waals surface area (Å²) >= 11 is 5.80. The van der Waals surface area contributed by atoms with E-state index >= 15 is 0 Å². The van der Waals surface area contributed by atoms with E-state index in [0.29, 0.717) is 33.4 Å². The molecule has 0 spiro atoms. The highest BCUT2D eigenvalue weighted by atomic mass is 35.5. The second-order valence-electron chi connectivity index (χ2n) is 6.56. The van der Waals surface area contributed by atoms with Crippen LogP contribution < -0.4 is 24.4 Å². The molecule has 0 fully saturated rings. The van der Waals surface area contributed by atoms with Crippen LogP contribution in [0.4, 0.5) is 0 Å². The second kappa shape index (κ2) is 11.5. The molecule has 1 N–H and O–H groups in total. The van der Waals surface area contributed by atoms with Gasteiger partial charge >= 0.3 is 5.97 Å². The van der Waals surface area contributed by atoms with Crippen LogP contribution >= 0.6 is 11.6 Å². The van der Waals surface area contributed by atoms with E-state index < -0.39 is 11.9 Å². The smallest absolute Gasteiger partial charge is 0.343 e. The Kier molecular flexibility index (Phi) is 8.26. The molecule has 0 saturated carbocycles. The van der Waals surface area contributed by atoms with Crippen LogP contribution in [0, 0.1) is 0 Å². The number of hydrogen-bond donors (Lipinski definition) is 1. The van der Waals surface area contributed by atoms with Crippen LogP contribution in [0.3, 0.4) is 0 Å². The van der Waals surface area contributed by atoms with Crippen LogP contribution in [0.25, 0.3) is 0 Å². The third-order valence-corrected chi connectivity index (χ3v) is 4.55. The molecule has 0 aliphatic carbocycles. The number of amides is 1. The fourth-order valence-electron chi connectivity index (χ4n) is 2.63. The van der Waals surface area contributed by atoms with Gasteiger partial charge in [0.05, 0.1) is 26.0 Å². The van der Waals surface area contributed by atoms with Crippen LogP contribution in [0.1, 0.15) is 15.9 Å². The molecule has 3 aromatic rings. The highest BCUT2D eigenvalue weighted by Crippen LogP contribution is 2.28. The maximum atomic E-state index is 12.4. The molecule has 0 aromatic heterocycles. The molecule has 33 heavy (non-hydrogen) atoms. The Hall–Kier alpha value is -4.04. The van der Waals surface area contributed by atoms with Gasteiger partial charge in [-0.3, -0.25) is 4.79 Å². The normalized spacial score (nSPS) is 10.5. The van der Waals surface area contributed by atoms with Gasteiger partial charge in [0.2, 0.25) is 0 Å². The average molecular weight is 469 g/mol. The van der Waals surface area contributed by atoms with Crippen molar-refractivity contribution in [1.29, 1.82) is 0 Å². The Morgan fingerprint density at radius 1 is 0.909 bits per heavy atom. The van der Waals surface area contributed by atoms with Crippen LogP contribution in [-0.2, 0) is 4.79 Å². The fourth-order valence-corrected chi connectivity index (χ4v) is 2.75. The van der Waals surface area contributed by atoms with E-state index in [1.165, 1.54) is 13.3 Å². The van der Waals surface area contributed by atoms with Crippen molar-refractivity contribution in [3.63, 3.8) is 0 Å². The molecule has 0 heterocycles. The molecule has 0 radical (unpaired) electrons. The summed E-state index contributed by atoms with van der Waals surface area (Å²) in [5.74, 6) is 0.761. The Morgan fingerprint density at radius 2 is 1.61 bits per heavy atom. The SMILES string of the molecule is COc1ccc(C(=O)Oc2ccc(C=NNC(=O)COc3ccc(Cl)cc3)cc2OC)cc1. The topological polar surface area (TPSA) is 95.5 Å². The summed E-state index contributed by atoms with van der Waals surface area (Å²) < 4.78 is 21.2. The van der Waals surface area contributed by atoms with Crippen molar-refractivity contribution in [2.24, 2.45) is 5.10 Å². The van der Waals surface area contributed by atoms with Crippen molar-refractivity contribution in [3.8, 4) is 23.0 Å². The highest BCUT2D eigenvalue weighted by Gasteiger charge is 2.13. The number of halogens is 1. The number of esters is 1. The third kappa shape index (κ3) is 6.98. The Labute approximate surface area is 195 Å². The fraction of sp³-hybridized carbons (Fsp3) is 0.125. The lowest BCUT2D eigenvalue weighted by Gasteiger charge is -2.10. The summed E-state index contributed by atoms with van der Waals surface area (Å²) in [7, 11) is 3.00. The van der Waals surface area contributed by atoms with Gasteiger partial charge in [0, 0.05) is 5.02 Å². The minimum atomic E-state index is -0.537. The minimum Gasteiger partial charge on any atom is -0.497 e. The van der Waals surface area contributed by atoms with Gasteiger partial charge in [-0.1, -0.05) is 11.6 Å². The molecule has 1 amide bonds. The standard InChI is InChI=1S/C24H21ClN2O6/c1-30-19-8-4-17(5-9-19)24(29)33-21-12-3-16(13-22(21)31-2)14-26-27-23(28)15-32-20-10-6-18(25)7-11-20/h3-14H,15H2,1-2H3,(H,27,28). The first-order chi connectivity index (χ1) is 16.0. The van der Waals surface area contributed by atoms with Crippen LogP contribution in [-0.4, -0.2) is 38.9 Å². The summed E-state index contributed by atoms with van der Waals surface area (Å²) in [6, 6.07) is 18.1. The van der Waals surface area contributed by atoms with Crippen LogP contribution in [0.5, 0.6) is 23.0 Å². The number of nitrogens with zero attached hydrogens (tertiary/aromatic N) is 1. The zero-order valence-corrected chi connectivity index (χ0v) is 18.7. The molecular weight excluding hydrogens is 448 g/mol. The number of carbonyl (C=O) groups excluding carboxylic acids is 2. The van der Waals surface area contributed by atoms with Crippen molar-refractivity contribution >= 4 is 29.7 Å². The molecule has 9 heteroatoms. The van der Waals surface area contributed by atoms with E-state index in [1.54, 1.807) is 73.8 Å². The highest BCUT2D eigenvalue weighted by molar-refractivity contribution is 6.30. The molecule has 0 atom stereocenters. The number of nitrogens with one attached hydrogen (secondary N) is 1. The predicted octanol–water partition coefficient (Wildman–Crippen LogP) is 4.11. The van der Waals surface area contributed by atoms with E-state index in [-0.39, 0.29) is 12.4 Å². The monoisotopic (exact) mass is 468 g/mol. The summed E-state index contributed by atoms with van der Waals surface area (Å²) in [5, 5.41) is 4.47. The lowest BCUT2D eigenvalue weighted by Crippen LogP contribution is -2.24. The number of ether oxygens (including phenoxy) is 4. The molecule has 170 valence electrons. The molecule has 3 aromatic carbocycles. The summed E-state index contributed by atoms with van der Waals surface area (Å²) in [4.78, 5) is 24.3. The third-order valence-electron chi connectivity index (χ3n) is 4.30. The Bertz CT molecular complexity index is 1130. The number of hydrazone groups is 1. The molecule has 0 bridgehead atoms. The van der Waals surface area contributed by atoms with E-state index in [4.69, 9.17) is 30.5 Å². The van der Waals surface area contributed by atoms with E-state index in [0.717, 1.165) is 0 Å². The molecule has 3 rings (SSSR count). The number of methoxy groups -OCH3 is 2. The van der Waals surface area contributed by atoms with E-state index in [1.807, 2.05) is 0 Å². The van der Waals surface area contributed by atoms with Crippen molar-refractivity contribution in [2.45, 2.75) is 0 Å². The lowest BCUT2D eigenvalue weighted by molar-refractivity contribution is -0.123. The van der Waals surface area contributed by atoms with Crippen molar-refractivity contribution in [2.75, 3.05) is 20.8 Å². The quantitative estimate of drug-likeness (QED) is 0.220. The first-order valence-corrected chi connectivity index (χ1v) is 10.1. The van der Waals surface area contributed by atoms with Gasteiger partial charge in [-0.2, -0.15) is 5.10 Å². The van der Waals surface area contributed by atoms with Gasteiger partial charge in [-0.05, 0) is 72.3 Å². The number of rotatable bonds is 9. The first kappa shape index (κ1) is 23.6. The zero-order valence-electron chi connectivity index (χ0n) is 17.9. The minimum absolute atomic E-state index is 0.206. The second-order valence-corrected chi connectivity index (χ2v) is 7.00. The number of hydrogen-bond acceptors (Lipinski definition) is 7. The Balaban J connectivity index is 1.55. The maximum absolute atomic E-state index is 12.4. The van der Waals surface area contributed by atoms with Crippen LogP contribution in [0.2, 0.25) is 5.02 Å². The van der Waals surface area contributed by atoms with E-state index in [2.05, 4.69) is 10.5 Å². The molecular formula is C24H21ClN2O6. The number of carbonyl (C=O) groups is 2. The average Bonchev–Trinajstić information content (AvgIpc) is 2.84. The van der Waals surface area contributed by atoms with Gasteiger partial charge < -0.3 is 18.9 Å². The van der Waals surface area contributed by atoms with Gasteiger partial charge in [0.1, 0.15) is 11.5 Å². The molecule has 8 nitrogen and oxygen atoms in total. The van der Waals surface area contributed by atoms with Crippen molar-refractivity contribution in [1.82, 2.24) is 5.43 Å². The van der Waals surface area contributed by atoms with Gasteiger partial charge in [0.25, 0.3) is 5.91 Å². The Morgan fingerprint density at radius 3 is 2.27 bits per heavy atom. The lowest BCUT2D eigenvalue weighted by atomic mass is 10.2.